The van der Waals surface area contributed by atoms with Gasteiger partial charge in [0.1, 0.15) is 11.5 Å². The second-order valence-electron chi connectivity index (χ2n) is 5.95. The van der Waals surface area contributed by atoms with Gasteiger partial charge in [-0.15, -0.1) is 0 Å². The fraction of sp³-hybridized carbons (Fsp3) is 0.211. The minimum absolute atomic E-state index is 0.176. The number of carbonyl (C=O) groups is 1. The Bertz CT molecular complexity index is 986. The first-order chi connectivity index (χ1) is 12.8. The number of carbonyl (C=O) groups excluding carboxylic acids is 1. The molecule has 27 heavy (non-hydrogen) atoms. The number of benzene rings is 2. The lowest BCUT2D eigenvalue weighted by Gasteiger charge is -2.29. The summed E-state index contributed by atoms with van der Waals surface area (Å²) in [4.78, 5) is 14.7. The SMILES string of the molecule is COc1ccc(N(C(=O)c2ccc(Br)cc2)[C@@H]2C=CS(=O)(=O)C2)c(OC)c1. The van der Waals surface area contributed by atoms with Crippen molar-refractivity contribution in [1.82, 2.24) is 0 Å². The van der Waals surface area contributed by atoms with Gasteiger partial charge in [0, 0.05) is 21.5 Å². The monoisotopic (exact) mass is 451 g/mol. The van der Waals surface area contributed by atoms with Gasteiger partial charge in [-0.3, -0.25) is 9.69 Å². The van der Waals surface area contributed by atoms with Crippen LogP contribution in [0.3, 0.4) is 0 Å². The van der Waals surface area contributed by atoms with Crippen molar-refractivity contribution in [3.05, 3.63) is 64.0 Å². The second-order valence-corrected chi connectivity index (χ2v) is 8.79. The van der Waals surface area contributed by atoms with Gasteiger partial charge in [0.05, 0.1) is 31.7 Å². The first-order valence-electron chi connectivity index (χ1n) is 8.07. The molecule has 1 atom stereocenters. The van der Waals surface area contributed by atoms with Crippen molar-refractivity contribution in [3.8, 4) is 11.5 Å². The standard InChI is InChI=1S/C19H18BrNO5S/c1-25-16-7-8-17(18(11-16)26-2)21(15-9-10-27(23,24)12-15)19(22)13-3-5-14(20)6-4-13/h3-11,15H,12H2,1-2H3/t15-/m1/s1. The van der Waals surface area contributed by atoms with Crippen molar-refractivity contribution in [1.29, 1.82) is 0 Å². The van der Waals surface area contributed by atoms with Gasteiger partial charge in [0.15, 0.2) is 9.84 Å². The molecule has 2 aromatic rings. The molecule has 0 spiro atoms. The molecular formula is C19H18BrNO5S. The van der Waals surface area contributed by atoms with Crippen LogP contribution in [0.5, 0.6) is 11.5 Å². The largest absolute Gasteiger partial charge is 0.497 e. The number of amides is 1. The van der Waals surface area contributed by atoms with E-state index in [1.807, 2.05) is 0 Å². The summed E-state index contributed by atoms with van der Waals surface area (Å²) in [7, 11) is -0.330. The Labute approximate surface area is 166 Å². The van der Waals surface area contributed by atoms with E-state index in [1.54, 1.807) is 42.5 Å². The Morgan fingerprint density at radius 2 is 1.81 bits per heavy atom. The molecule has 1 aliphatic heterocycles. The maximum atomic E-state index is 13.3. The van der Waals surface area contributed by atoms with Crippen LogP contribution in [0, 0.1) is 0 Å². The van der Waals surface area contributed by atoms with E-state index in [4.69, 9.17) is 9.47 Å². The first kappa shape index (κ1) is 19.4. The first-order valence-corrected chi connectivity index (χ1v) is 10.6. The van der Waals surface area contributed by atoms with Crippen LogP contribution >= 0.6 is 15.9 Å². The van der Waals surface area contributed by atoms with Gasteiger partial charge in [0.25, 0.3) is 5.91 Å². The van der Waals surface area contributed by atoms with E-state index < -0.39 is 15.9 Å². The molecule has 8 heteroatoms. The van der Waals surface area contributed by atoms with Crippen molar-refractivity contribution in [2.24, 2.45) is 0 Å². The summed E-state index contributed by atoms with van der Waals surface area (Å²) < 4.78 is 35.4. The molecule has 0 saturated carbocycles. The molecular weight excluding hydrogens is 434 g/mol. The molecule has 1 heterocycles. The number of sulfone groups is 1. The van der Waals surface area contributed by atoms with Gasteiger partial charge < -0.3 is 9.47 Å². The van der Waals surface area contributed by atoms with Gasteiger partial charge in [-0.1, -0.05) is 15.9 Å². The van der Waals surface area contributed by atoms with Gasteiger partial charge in [-0.25, -0.2) is 8.42 Å². The Balaban J connectivity index is 2.09. The highest BCUT2D eigenvalue weighted by Crippen LogP contribution is 2.36. The van der Waals surface area contributed by atoms with E-state index in [0.717, 1.165) is 9.88 Å². The Morgan fingerprint density at radius 1 is 1.11 bits per heavy atom. The van der Waals surface area contributed by atoms with Crippen LogP contribution in [0.2, 0.25) is 0 Å². The predicted molar refractivity (Wildman–Crippen MR) is 107 cm³/mol. The molecule has 0 fully saturated rings. The van der Waals surface area contributed by atoms with Crippen LogP contribution in [0.1, 0.15) is 10.4 Å². The second kappa shape index (κ2) is 7.74. The fourth-order valence-electron chi connectivity index (χ4n) is 2.87. The molecule has 6 nitrogen and oxygen atoms in total. The Hall–Kier alpha value is -2.32. The van der Waals surface area contributed by atoms with Gasteiger partial charge in [-0.2, -0.15) is 0 Å². The summed E-state index contributed by atoms with van der Waals surface area (Å²) in [6.45, 7) is 0. The summed E-state index contributed by atoms with van der Waals surface area (Å²) in [6, 6.07) is 11.3. The zero-order chi connectivity index (χ0) is 19.6. The molecule has 142 valence electrons. The number of methoxy groups -OCH3 is 2. The lowest BCUT2D eigenvalue weighted by molar-refractivity contribution is 0.0982. The van der Waals surface area contributed by atoms with Gasteiger partial charge in [-0.05, 0) is 42.5 Å². The Morgan fingerprint density at radius 3 is 2.37 bits per heavy atom. The topological polar surface area (TPSA) is 72.9 Å². The van der Waals surface area contributed by atoms with Crippen molar-refractivity contribution in [3.63, 3.8) is 0 Å². The third kappa shape index (κ3) is 4.17. The number of hydrogen-bond acceptors (Lipinski definition) is 5. The molecule has 0 radical (unpaired) electrons. The van der Waals surface area contributed by atoms with Crippen LogP contribution in [0.15, 0.2) is 58.4 Å². The van der Waals surface area contributed by atoms with E-state index in [0.29, 0.717) is 22.7 Å². The number of halogens is 1. The van der Waals surface area contributed by atoms with Gasteiger partial charge >= 0.3 is 0 Å². The molecule has 0 N–H and O–H groups in total. The van der Waals surface area contributed by atoms with E-state index in [-0.39, 0.29) is 11.7 Å². The number of ether oxygens (including phenoxy) is 2. The molecule has 1 amide bonds. The lowest BCUT2D eigenvalue weighted by atomic mass is 10.1. The number of hydrogen-bond donors (Lipinski definition) is 0. The zero-order valence-corrected chi connectivity index (χ0v) is 17.2. The maximum absolute atomic E-state index is 13.3. The van der Waals surface area contributed by atoms with Gasteiger partial charge in [0.2, 0.25) is 0 Å². The lowest BCUT2D eigenvalue weighted by Crippen LogP contribution is -2.41. The highest BCUT2D eigenvalue weighted by Gasteiger charge is 2.33. The molecule has 2 aromatic carbocycles. The molecule has 0 saturated heterocycles. The van der Waals surface area contributed by atoms with Crippen molar-refractivity contribution < 1.29 is 22.7 Å². The highest BCUT2D eigenvalue weighted by molar-refractivity contribution is 9.10. The molecule has 0 aliphatic carbocycles. The third-order valence-corrected chi connectivity index (χ3v) is 6.11. The van der Waals surface area contributed by atoms with Crippen LogP contribution in [0.4, 0.5) is 5.69 Å². The number of nitrogens with zero attached hydrogens (tertiary/aromatic N) is 1. The average molecular weight is 452 g/mol. The van der Waals surface area contributed by atoms with E-state index in [1.165, 1.54) is 25.2 Å². The molecule has 1 aliphatic rings. The summed E-state index contributed by atoms with van der Waals surface area (Å²) in [5, 5.41) is 1.15. The third-order valence-electron chi connectivity index (χ3n) is 4.20. The predicted octanol–water partition coefficient (Wildman–Crippen LogP) is 3.42. The zero-order valence-electron chi connectivity index (χ0n) is 14.8. The number of anilines is 1. The van der Waals surface area contributed by atoms with Crippen LogP contribution in [-0.2, 0) is 9.84 Å². The smallest absolute Gasteiger partial charge is 0.258 e. The minimum Gasteiger partial charge on any atom is -0.497 e. The quantitative estimate of drug-likeness (QED) is 0.695. The summed E-state index contributed by atoms with van der Waals surface area (Å²) in [5.41, 5.74) is 0.909. The van der Waals surface area contributed by atoms with Crippen molar-refractivity contribution in [2.45, 2.75) is 6.04 Å². The fourth-order valence-corrected chi connectivity index (χ4v) is 4.41. The summed E-state index contributed by atoms with van der Waals surface area (Å²) in [6.07, 6.45) is 1.52. The number of rotatable bonds is 5. The molecule has 0 aromatic heterocycles. The van der Waals surface area contributed by atoms with E-state index in [9.17, 15) is 13.2 Å². The van der Waals surface area contributed by atoms with Crippen molar-refractivity contribution >= 4 is 37.4 Å². The van der Waals surface area contributed by atoms with E-state index in [2.05, 4.69) is 15.9 Å². The Kier molecular flexibility index (Phi) is 5.57. The van der Waals surface area contributed by atoms with E-state index >= 15 is 0 Å². The minimum atomic E-state index is -3.35. The average Bonchev–Trinajstić information content (AvgIpc) is 3.02. The maximum Gasteiger partial charge on any atom is 0.258 e. The highest BCUT2D eigenvalue weighted by atomic mass is 79.9. The molecule has 3 rings (SSSR count). The summed E-state index contributed by atoms with van der Waals surface area (Å²) >= 11 is 3.35. The van der Waals surface area contributed by atoms with Crippen molar-refractivity contribution in [2.75, 3.05) is 24.9 Å². The molecule has 0 unspecified atom stereocenters. The van der Waals surface area contributed by atoms with Crippen LogP contribution < -0.4 is 14.4 Å². The normalized spacial score (nSPS) is 17.5. The molecule has 0 bridgehead atoms. The van der Waals surface area contributed by atoms with Crippen LogP contribution in [-0.4, -0.2) is 40.3 Å². The summed E-state index contributed by atoms with van der Waals surface area (Å²) in [5.74, 6) is 0.487. The van der Waals surface area contributed by atoms with Crippen LogP contribution in [0.25, 0.3) is 0 Å².